The molecule has 3 aromatic rings. The molecule has 1 unspecified atom stereocenters. The summed E-state index contributed by atoms with van der Waals surface area (Å²) >= 11 is 1.67. The first-order chi connectivity index (χ1) is 18.6. The van der Waals surface area contributed by atoms with Crippen molar-refractivity contribution >= 4 is 34.6 Å². The summed E-state index contributed by atoms with van der Waals surface area (Å²) in [4.78, 5) is 50.1. The standard InChI is InChI=1S/C30H34N4O4S/c1-18(2)17-23(35)25-27(22-7-6-14-31-26(22)29(37)32-15-16-33(4)5)34(30(38)28(25)36)21-11-9-20(10-12-21)24-13-8-19(3)39-24/h6-14,18,27,36H,15-17H2,1-5H3,(H,32,37). The minimum atomic E-state index is -0.998. The van der Waals surface area contributed by atoms with E-state index in [4.69, 9.17) is 0 Å². The number of anilines is 1. The highest BCUT2D eigenvalue weighted by Gasteiger charge is 2.45. The van der Waals surface area contributed by atoms with Gasteiger partial charge in [0.15, 0.2) is 11.5 Å². The third kappa shape index (κ3) is 6.10. The maximum absolute atomic E-state index is 13.5. The fourth-order valence-electron chi connectivity index (χ4n) is 4.61. The van der Waals surface area contributed by atoms with Gasteiger partial charge in [-0.2, -0.15) is 0 Å². The van der Waals surface area contributed by atoms with Crippen molar-refractivity contribution in [3.8, 4) is 10.4 Å². The number of Topliss-reactive ketones (excluding diaryl/α,β-unsaturated/α-hetero) is 1. The molecule has 0 bridgehead atoms. The maximum atomic E-state index is 13.5. The Kier molecular flexibility index (Phi) is 8.62. The summed E-state index contributed by atoms with van der Waals surface area (Å²) in [6, 6.07) is 13.9. The van der Waals surface area contributed by atoms with Crippen molar-refractivity contribution in [1.82, 2.24) is 15.2 Å². The Morgan fingerprint density at radius 3 is 2.46 bits per heavy atom. The van der Waals surface area contributed by atoms with E-state index in [0.717, 1.165) is 10.4 Å². The van der Waals surface area contributed by atoms with Crippen LogP contribution in [0.5, 0.6) is 0 Å². The van der Waals surface area contributed by atoms with Gasteiger partial charge in [-0.05, 0) is 62.8 Å². The molecular formula is C30H34N4O4S. The predicted octanol–water partition coefficient (Wildman–Crippen LogP) is 4.93. The number of benzene rings is 1. The first-order valence-corrected chi connectivity index (χ1v) is 13.7. The number of ketones is 1. The van der Waals surface area contributed by atoms with Gasteiger partial charge in [-0.25, -0.2) is 0 Å². The summed E-state index contributed by atoms with van der Waals surface area (Å²) in [6.45, 7) is 6.88. The fourth-order valence-corrected chi connectivity index (χ4v) is 5.49. The molecule has 9 heteroatoms. The van der Waals surface area contributed by atoms with E-state index in [1.165, 1.54) is 16.0 Å². The number of hydrogen-bond donors (Lipinski definition) is 2. The van der Waals surface area contributed by atoms with Crippen molar-refractivity contribution < 1.29 is 19.5 Å². The molecule has 1 aliphatic heterocycles. The van der Waals surface area contributed by atoms with Gasteiger partial charge in [0.1, 0.15) is 5.69 Å². The summed E-state index contributed by atoms with van der Waals surface area (Å²) in [7, 11) is 3.82. The summed E-state index contributed by atoms with van der Waals surface area (Å²) in [5.74, 6) is -2.01. The van der Waals surface area contributed by atoms with Gasteiger partial charge in [0.05, 0.1) is 11.6 Å². The van der Waals surface area contributed by atoms with E-state index in [0.29, 0.717) is 24.3 Å². The Morgan fingerprint density at radius 1 is 1.13 bits per heavy atom. The van der Waals surface area contributed by atoms with Crippen LogP contribution in [0.4, 0.5) is 5.69 Å². The number of aliphatic hydroxyl groups excluding tert-OH is 1. The second-order valence-electron chi connectivity index (χ2n) is 10.3. The number of likely N-dealkylation sites (N-methyl/N-ethyl adjacent to an activating group) is 1. The van der Waals surface area contributed by atoms with E-state index >= 15 is 0 Å². The summed E-state index contributed by atoms with van der Waals surface area (Å²) in [5, 5.41) is 13.9. The average molecular weight is 547 g/mol. The van der Waals surface area contributed by atoms with Crippen molar-refractivity contribution in [3.63, 3.8) is 0 Å². The molecule has 0 saturated heterocycles. The third-order valence-electron chi connectivity index (χ3n) is 6.47. The van der Waals surface area contributed by atoms with Gasteiger partial charge in [-0.1, -0.05) is 32.0 Å². The lowest BCUT2D eigenvalue weighted by Crippen LogP contribution is -2.35. The topological polar surface area (TPSA) is 103 Å². The lowest BCUT2D eigenvalue weighted by atomic mass is 9.91. The number of amides is 2. The van der Waals surface area contributed by atoms with E-state index in [2.05, 4.69) is 16.4 Å². The number of carbonyl (C=O) groups is 3. The smallest absolute Gasteiger partial charge is 0.294 e. The van der Waals surface area contributed by atoms with Crippen molar-refractivity contribution in [2.24, 2.45) is 5.92 Å². The van der Waals surface area contributed by atoms with Crippen LogP contribution in [0.3, 0.4) is 0 Å². The molecule has 39 heavy (non-hydrogen) atoms. The van der Waals surface area contributed by atoms with Crippen LogP contribution in [0.25, 0.3) is 10.4 Å². The normalized spacial score (nSPS) is 15.5. The Hall–Kier alpha value is -3.82. The first-order valence-electron chi connectivity index (χ1n) is 12.9. The minimum absolute atomic E-state index is 0.0120. The zero-order valence-electron chi connectivity index (χ0n) is 22.9. The van der Waals surface area contributed by atoms with Crippen LogP contribution in [-0.2, 0) is 9.59 Å². The Morgan fingerprint density at radius 2 is 1.85 bits per heavy atom. The molecule has 2 N–H and O–H groups in total. The number of aromatic nitrogens is 1. The zero-order chi connectivity index (χ0) is 28.3. The molecule has 0 fully saturated rings. The molecular weight excluding hydrogens is 512 g/mol. The number of pyridine rings is 1. The van der Waals surface area contributed by atoms with Crippen molar-refractivity contribution in [1.29, 1.82) is 0 Å². The quantitative estimate of drug-likeness (QED) is 0.374. The number of nitrogens with one attached hydrogen (secondary N) is 1. The SMILES string of the molecule is Cc1ccc(-c2ccc(N3C(=O)C(O)=C(C(=O)CC(C)C)C3c3cccnc3C(=O)NCCN(C)C)cc2)s1. The largest absolute Gasteiger partial charge is 0.503 e. The molecule has 1 aromatic carbocycles. The number of carbonyl (C=O) groups excluding carboxylic acids is 3. The molecule has 204 valence electrons. The molecule has 0 radical (unpaired) electrons. The molecule has 0 aliphatic carbocycles. The molecule has 4 rings (SSSR count). The van der Waals surface area contributed by atoms with Crippen LogP contribution in [0, 0.1) is 12.8 Å². The van der Waals surface area contributed by atoms with E-state index in [1.807, 2.05) is 58.0 Å². The van der Waals surface area contributed by atoms with Crippen molar-refractivity contribution in [3.05, 3.63) is 82.2 Å². The van der Waals surface area contributed by atoms with Gasteiger partial charge in [-0.3, -0.25) is 24.3 Å². The molecule has 1 atom stereocenters. The van der Waals surface area contributed by atoms with Gasteiger partial charge in [-0.15, -0.1) is 11.3 Å². The van der Waals surface area contributed by atoms with E-state index in [-0.39, 0.29) is 29.4 Å². The first kappa shape index (κ1) is 28.2. The third-order valence-corrected chi connectivity index (χ3v) is 7.52. The fraction of sp³-hybridized carbons (Fsp3) is 0.333. The van der Waals surface area contributed by atoms with Crippen LogP contribution in [-0.4, -0.2) is 59.8 Å². The number of rotatable bonds is 10. The van der Waals surface area contributed by atoms with Crippen molar-refractivity contribution in [2.75, 3.05) is 32.1 Å². The number of aliphatic hydroxyl groups is 1. The Bertz CT molecular complexity index is 1410. The van der Waals surface area contributed by atoms with Crippen LogP contribution < -0.4 is 10.2 Å². The maximum Gasteiger partial charge on any atom is 0.294 e. The van der Waals surface area contributed by atoms with Gasteiger partial charge in [0, 0.05) is 46.7 Å². The highest BCUT2D eigenvalue weighted by Crippen LogP contribution is 2.43. The Labute approximate surface area is 233 Å². The number of nitrogens with zero attached hydrogens (tertiary/aromatic N) is 3. The van der Waals surface area contributed by atoms with E-state index in [1.54, 1.807) is 35.6 Å². The molecule has 0 spiro atoms. The zero-order valence-corrected chi connectivity index (χ0v) is 23.7. The molecule has 8 nitrogen and oxygen atoms in total. The molecule has 0 saturated carbocycles. The molecule has 3 heterocycles. The lowest BCUT2D eigenvalue weighted by molar-refractivity contribution is -0.118. The predicted molar refractivity (Wildman–Crippen MR) is 154 cm³/mol. The minimum Gasteiger partial charge on any atom is -0.503 e. The van der Waals surface area contributed by atoms with Gasteiger partial charge < -0.3 is 15.3 Å². The second kappa shape index (κ2) is 11.9. The highest BCUT2D eigenvalue weighted by molar-refractivity contribution is 7.15. The summed E-state index contributed by atoms with van der Waals surface area (Å²) in [5.41, 5.74) is 1.97. The summed E-state index contributed by atoms with van der Waals surface area (Å²) in [6.07, 6.45) is 1.65. The van der Waals surface area contributed by atoms with Crippen LogP contribution in [0.15, 0.2) is 66.1 Å². The average Bonchev–Trinajstić information content (AvgIpc) is 3.44. The molecule has 2 aromatic heterocycles. The monoisotopic (exact) mass is 546 g/mol. The van der Waals surface area contributed by atoms with Crippen LogP contribution in [0.1, 0.15) is 47.2 Å². The highest BCUT2D eigenvalue weighted by atomic mass is 32.1. The lowest BCUT2D eigenvalue weighted by Gasteiger charge is -2.28. The number of hydrogen-bond acceptors (Lipinski definition) is 7. The molecule has 1 aliphatic rings. The van der Waals surface area contributed by atoms with Crippen molar-refractivity contribution in [2.45, 2.75) is 33.2 Å². The van der Waals surface area contributed by atoms with Gasteiger partial charge in [0.25, 0.3) is 11.8 Å². The van der Waals surface area contributed by atoms with Gasteiger partial charge in [0.2, 0.25) is 0 Å². The molecule has 2 amide bonds. The second-order valence-corrected chi connectivity index (χ2v) is 11.6. The number of aryl methyl sites for hydroxylation is 1. The summed E-state index contributed by atoms with van der Waals surface area (Å²) < 4.78 is 0. The van der Waals surface area contributed by atoms with Crippen LogP contribution in [0.2, 0.25) is 0 Å². The van der Waals surface area contributed by atoms with Crippen LogP contribution >= 0.6 is 11.3 Å². The Balaban J connectivity index is 1.78. The van der Waals surface area contributed by atoms with E-state index in [9.17, 15) is 19.5 Å². The number of thiophene rings is 1. The van der Waals surface area contributed by atoms with E-state index < -0.39 is 23.6 Å². The van der Waals surface area contributed by atoms with Gasteiger partial charge >= 0.3 is 0 Å².